The molecule has 0 atom stereocenters. The fourth-order valence-electron chi connectivity index (χ4n) is 2.24. The first-order valence-corrected chi connectivity index (χ1v) is 8.99. The van der Waals surface area contributed by atoms with E-state index in [2.05, 4.69) is 4.72 Å². The maximum absolute atomic E-state index is 13.3. The normalized spacial score (nSPS) is 11.2. The third-order valence-electron chi connectivity index (χ3n) is 3.50. The molecule has 0 heterocycles. The largest absolute Gasteiger partial charge is 0.497 e. The number of methoxy groups -OCH3 is 1. The number of nitrogens with one attached hydrogen (secondary N) is 1. The minimum Gasteiger partial charge on any atom is -0.497 e. The van der Waals surface area contributed by atoms with Gasteiger partial charge in [-0.25, -0.2) is 17.5 Å². The van der Waals surface area contributed by atoms with Crippen LogP contribution in [0.2, 0.25) is 0 Å². The summed E-state index contributed by atoms with van der Waals surface area (Å²) >= 11 is 0. The van der Waals surface area contributed by atoms with Gasteiger partial charge in [0.05, 0.1) is 12.0 Å². The lowest BCUT2D eigenvalue weighted by molar-refractivity contribution is -0.116. The summed E-state index contributed by atoms with van der Waals surface area (Å²) in [6.07, 6.45) is 0. The molecule has 0 saturated carbocycles. The highest BCUT2D eigenvalue weighted by Gasteiger charge is 2.16. The van der Waals surface area contributed by atoms with Crippen molar-refractivity contribution in [1.82, 2.24) is 4.72 Å². The smallest absolute Gasteiger partial charge is 0.240 e. The van der Waals surface area contributed by atoms with Crippen LogP contribution in [0.15, 0.2) is 53.4 Å². The van der Waals surface area contributed by atoms with Gasteiger partial charge in [-0.2, -0.15) is 0 Å². The van der Waals surface area contributed by atoms with E-state index in [9.17, 15) is 17.6 Å². The molecule has 2 rings (SSSR count). The molecular formula is C17H19FN2O4S. The Balaban J connectivity index is 2.04. The standard InChI is InChI=1S/C17H19FN2O4S/c1-13(21)20(15-5-3-4-14(18)12-15)11-10-19-25(22,23)17-8-6-16(24-2)7-9-17/h3-9,12,19H,10-11H2,1-2H3. The van der Waals surface area contributed by atoms with Gasteiger partial charge < -0.3 is 9.64 Å². The van der Waals surface area contributed by atoms with Gasteiger partial charge in [0.1, 0.15) is 11.6 Å². The summed E-state index contributed by atoms with van der Waals surface area (Å²) in [5.74, 6) is -0.232. The Kier molecular flexibility index (Phi) is 6.11. The van der Waals surface area contributed by atoms with Gasteiger partial charge >= 0.3 is 0 Å². The van der Waals surface area contributed by atoms with Crippen molar-refractivity contribution in [3.63, 3.8) is 0 Å². The summed E-state index contributed by atoms with van der Waals surface area (Å²) < 4.78 is 45.3. The predicted octanol–water partition coefficient (Wildman–Crippen LogP) is 2.17. The molecule has 0 fully saturated rings. The Labute approximate surface area is 146 Å². The highest BCUT2D eigenvalue weighted by atomic mass is 32.2. The number of nitrogens with zero attached hydrogens (tertiary/aromatic N) is 1. The van der Waals surface area contributed by atoms with Crippen molar-refractivity contribution in [3.05, 3.63) is 54.3 Å². The van der Waals surface area contributed by atoms with E-state index in [-0.39, 0.29) is 23.9 Å². The second kappa shape index (κ2) is 8.09. The zero-order valence-electron chi connectivity index (χ0n) is 13.9. The molecule has 0 bridgehead atoms. The summed E-state index contributed by atoms with van der Waals surface area (Å²) in [5, 5.41) is 0. The lowest BCUT2D eigenvalue weighted by Crippen LogP contribution is -2.37. The SMILES string of the molecule is COc1ccc(S(=O)(=O)NCCN(C(C)=O)c2cccc(F)c2)cc1. The molecule has 1 N–H and O–H groups in total. The zero-order valence-corrected chi connectivity index (χ0v) is 14.7. The molecule has 1 amide bonds. The predicted molar refractivity (Wildman–Crippen MR) is 92.6 cm³/mol. The molecule has 2 aromatic carbocycles. The van der Waals surface area contributed by atoms with E-state index in [4.69, 9.17) is 4.74 Å². The van der Waals surface area contributed by atoms with Crippen molar-refractivity contribution in [2.24, 2.45) is 0 Å². The number of halogens is 1. The number of hydrogen-bond donors (Lipinski definition) is 1. The maximum Gasteiger partial charge on any atom is 0.240 e. The van der Waals surface area contributed by atoms with Gasteiger partial charge in [-0.3, -0.25) is 4.79 Å². The minimum atomic E-state index is -3.71. The first-order valence-electron chi connectivity index (χ1n) is 7.51. The Hall–Kier alpha value is -2.45. The highest BCUT2D eigenvalue weighted by Crippen LogP contribution is 2.17. The Morgan fingerprint density at radius 1 is 1.20 bits per heavy atom. The van der Waals surface area contributed by atoms with E-state index in [1.807, 2.05) is 0 Å². The molecule has 6 nitrogen and oxygen atoms in total. The van der Waals surface area contributed by atoms with Gasteiger partial charge in [-0.05, 0) is 42.5 Å². The lowest BCUT2D eigenvalue weighted by atomic mass is 10.2. The van der Waals surface area contributed by atoms with Gasteiger partial charge in [-0.15, -0.1) is 0 Å². The van der Waals surface area contributed by atoms with E-state index in [1.165, 1.54) is 49.3 Å². The van der Waals surface area contributed by atoms with E-state index < -0.39 is 15.8 Å². The number of sulfonamides is 1. The van der Waals surface area contributed by atoms with Crippen molar-refractivity contribution in [1.29, 1.82) is 0 Å². The minimum absolute atomic E-state index is 0.00947. The third kappa shape index (κ3) is 5.01. The number of carbonyl (C=O) groups is 1. The van der Waals surface area contributed by atoms with Crippen LogP contribution in [-0.4, -0.2) is 34.5 Å². The van der Waals surface area contributed by atoms with Crippen LogP contribution in [0.3, 0.4) is 0 Å². The van der Waals surface area contributed by atoms with E-state index in [1.54, 1.807) is 18.2 Å². The average Bonchev–Trinajstić information content (AvgIpc) is 2.58. The van der Waals surface area contributed by atoms with E-state index in [0.717, 1.165) is 0 Å². The summed E-state index contributed by atoms with van der Waals surface area (Å²) in [6, 6.07) is 11.5. The molecule has 0 unspecified atom stereocenters. The number of benzene rings is 2. The molecule has 0 aliphatic rings. The van der Waals surface area contributed by atoms with Crippen molar-refractivity contribution in [3.8, 4) is 5.75 Å². The number of carbonyl (C=O) groups excluding carboxylic acids is 1. The molecule has 0 aromatic heterocycles. The van der Waals surface area contributed by atoms with Gasteiger partial charge in [-0.1, -0.05) is 6.07 Å². The van der Waals surface area contributed by atoms with Gasteiger partial charge in [0, 0.05) is 25.7 Å². The van der Waals surface area contributed by atoms with Crippen molar-refractivity contribution >= 4 is 21.6 Å². The molecule has 8 heteroatoms. The van der Waals surface area contributed by atoms with Crippen LogP contribution in [0.25, 0.3) is 0 Å². The first-order chi connectivity index (χ1) is 11.8. The second-order valence-corrected chi connectivity index (χ2v) is 6.99. The fourth-order valence-corrected chi connectivity index (χ4v) is 3.26. The fraction of sp³-hybridized carbons (Fsp3) is 0.235. The van der Waals surface area contributed by atoms with Crippen LogP contribution in [0.1, 0.15) is 6.92 Å². The molecule has 2 aromatic rings. The van der Waals surface area contributed by atoms with Crippen molar-refractivity contribution < 1.29 is 22.3 Å². The van der Waals surface area contributed by atoms with E-state index in [0.29, 0.717) is 11.4 Å². The summed E-state index contributed by atoms with van der Waals surface area (Å²) in [4.78, 5) is 13.2. The Morgan fingerprint density at radius 3 is 2.44 bits per heavy atom. The van der Waals surface area contributed by atoms with Gasteiger partial charge in [0.25, 0.3) is 0 Å². The number of ether oxygens (including phenoxy) is 1. The zero-order chi connectivity index (χ0) is 18.4. The molecule has 0 radical (unpaired) electrons. The molecule has 0 aliphatic carbocycles. The number of hydrogen-bond acceptors (Lipinski definition) is 4. The first kappa shape index (κ1) is 18.9. The molecule has 0 aliphatic heterocycles. The molecule has 0 saturated heterocycles. The van der Waals surface area contributed by atoms with Crippen LogP contribution in [0.5, 0.6) is 5.75 Å². The van der Waals surface area contributed by atoms with Crippen LogP contribution in [0, 0.1) is 5.82 Å². The quantitative estimate of drug-likeness (QED) is 0.815. The lowest BCUT2D eigenvalue weighted by Gasteiger charge is -2.21. The topological polar surface area (TPSA) is 75.7 Å². The molecule has 134 valence electrons. The molecule has 0 spiro atoms. The number of amides is 1. The van der Waals surface area contributed by atoms with Crippen molar-refractivity contribution in [2.45, 2.75) is 11.8 Å². The number of rotatable bonds is 7. The average molecular weight is 366 g/mol. The summed E-state index contributed by atoms with van der Waals surface area (Å²) in [5.41, 5.74) is 0.371. The third-order valence-corrected chi connectivity index (χ3v) is 4.97. The van der Waals surface area contributed by atoms with Gasteiger partial charge in [0.15, 0.2) is 0 Å². The monoisotopic (exact) mass is 366 g/mol. The Bertz CT molecular complexity index is 838. The number of anilines is 1. The molecular weight excluding hydrogens is 347 g/mol. The second-order valence-electron chi connectivity index (χ2n) is 5.22. The van der Waals surface area contributed by atoms with Crippen LogP contribution >= 0.6 is 0 Å². The van der Waals surface area contributed by atoms with Crippen LogP contribution < -0.4 is 14.4 Å². The maximum atomic E-state index is 13.3. The summed E-state index contributed by atoms with van der Waals surface area (Å²) in [6.45, 7) is 1.40. The Morgan fingerprint density at radius 2 is 1.88 bits per heavy atom. The van der Waals surface area contributed by atoms with Crippen molar-refractivity contribution in [2.75, 3.05) is 25.1 Å². The van der Waals surface area contributed by atoms with Crippen LogP contribution in [0.4, 0.5) is 10.1 Å². The summed E-state index contributed by atoms with van der Waals surface area (Å²) in [7, 11) is -2.22. The van der Waals surface area contributed by atoms with Gasteiger partial charge in [0.2, 0.25) is 15.9 Å². The van der Waals surface area contributed by atoms with Crippen LogP contribution in [-0.2, 0) is 14.8 Å². The molecule has 25 heavy (non-hydrogen) atoms. The highest BCUT2D eigenvalue weighted by molar-refractivity contribution is 7.89. The van der Waals surface area contributed by atoms with E-state index >= 15 is 0 Å².